The first-order valence-corrected chi connectivity index (χ1v) is 13.1. The molecule has 1 aliphatic carbocycles. The zero-order valence-electron chi connectivity index (χ0n) is 21.5. The van der Waals surface area contributed by atoms with Gasteiger partial charge >= 0.3 is 0 Å². The number of pyridine rings is 3. The quantitative estimate of drug-likeness (QED) is 0.310. The summed E-state index contributed by atoms with van der Waals surface area (Å²) in [6.45, 7) is 6.58. The number of nitrogens with one attached hydrogen (secondary N) is 2. The average Bonchev–Trinajstić information content (AvgIpc) is 3.35. The molecule has 10 nitrogen and oxygen atoms in total. The Morgan fingerprint density at radius 2 is 1.97 bits per heavy atom. The summed E-state index contributed by atoms with van der Waals surface area (Å²) in [5, 5.41) is 16.3. The first-order chi connectivity index (χ1) is 18.7. The molecule has 0 unspecified atom stereocenters. The molecule has 5 aromatic heterocycles. The van der Waals surface area contributed by atoms with Gasteiger partial charge in [-0.15, -0.1) is 5.10 Å². The third-order valence-electron chi connectivity index (χ3n) is 7.88. The predicted octanol–water partition coefficient (Wildman–Crippen LogP) is 3.55. The highest BCUT2D eigenvalue weighted by Gasteiger charge is 2.55. The fraction of sp³-hybridized carbons (Fsp3) is 0.357. The van der Waals surface area contributed by atoms with Crippen LogP contribution in [0, 0.1) is 17.8 Å². The molecule has 0 aromatic carbocycles. The Morgan fingerprint density at radius 1 is 1.08 bits per heavy atom. The molecule has 0 amide bonds. The van der Waals surface area contributed by atoms with Crippen LogP contribution in [0.2, 0.25) is 0 Å². The van der Waals surface area contributed by atoms with E-state index in [1.54, 1.807) is 7.11 Å². The maximum Gasteiger partial charge on any atom is 0.212 e. The molecule has 2 aliphatic rings. The van der Waals surface area contributed by atoms with Gasteiger partial charge in [-0.3, -0.25) is 5.10 Å². The number of ether oxygens (including phenoxy) is 2. The van der Waals surface area contributed by atoms with Crippen molar-refractivity contribution >= 4 is 22.4 Å². The third kappa shape index (κ3) is 4.01. The molecule has 7 rings (SSSR count). The van der Waals surface area contributed by atoms with Crippen molar-refractivity contribution in [3.63, 3.8) is 0 Å². The van der Waals surface area contributed by atoms with E-state index in [1.165, 1.54) is 5.56 Å². The molecule has 0 radical (unpaired) electrons. The molecule has 5 aromatic rings. The van der Waals surface area contributed by atoms with E-state index in [4.69, 9.17) is 14.5 Å². The van der Waals surface area contributed by atoms with E-state index in [1.807, 2.05) is 42.3 Å². The summed E-state index contributed by atoms with van der Waals surface area (Å²) in [7, 11) is 1.64. The number of methoxy groups -OCH3 is 1. The van der Waals surface area contributed by atoms with Gasteiger partial charge in [0.2, 0.25) is 5.88 Å². The van der Waals surface area contributed by atoms with Crippen LogP contribution in [-0.4, -0.2) is 63.1 Å². The van der Waals surface area contributed by atoms with E-state index < -0.39 is 0 Å². The average molecular weight is 511 g/mol. The van der Waals surface area contributed by atoms with Crippen LogP contribution in [0.5, 0.6) is 11.6 Å². The standard InChI is InChI=1S/C28H30N8O2/c1-3-38-19-8-20(27-22-13-32-33-28(22)34-36(27)14-19)18-5-6-25(30-11-18)35-15-23-21(24(23)16-35)12-29-9-17-4-7-26(37-2)31-10-17/h4-8,10-11,13-14,21,23-24,29H,3,9,12,15-16H2,1-2H3,(H,33,34)/t21-,23-,24+. The van der Waals surface area contributed by atoms with Gasteiger partial charge in [0, 0.05) is 49.2 Å². The Hall–Kier alpha value is -4.18. The molecule has 1 saturated carbocycles. The third-order valence-corrected chi connectivity index (χ3v) is 7.88. The fourth-order valence-corrected chi connectivity index (χ4v) is 5.90. The number of hydrogen-bond donors (Lipinski definition) is 2. The van der Waals surface area contributed by atoms with Crippen LogP contribution in [0.1, 0.15) is 12.5 Å². The molecule has 1 aliphatic heterocycles. The predicted molar refractivity (Wildman–Crippen MR) is 144 cm³/mol. The Morgan fingerprint density at radius 3 is 2.71 bits per heavy atom. The molecular formula is C28H30N8O2. The Balaban J connectivity index is 1.01. The monoisotopic (exact) mass is 510 g/mol. The van der Waals surface area contributed by atoms with Crippen molar-refractivity contribution in [2.24, 2.45) is 17.8 Å². The minimum atomic E-state index is 0.593. The van der Waals surface area contributed by atoms with Gasteiger partial charge in [-0.05, 0) is 55.0 Å². The number of piperidine rings is 1. The number of aromatic nitrogens is 6. The zero-order chi connectivity index (χ0) is 25.6. The molecule has 0 bridgehead atoms. The number of H-pyrrole nitrogens is 1. The summed E-state index contributed by atoms with van der Waals surface area (Å²) >= 11 is 0. The number of rotatable bonds is 9. The molecule has 6 heterocycles. The van der Waals surface area contributed by atoms with Crippen molar-refractivity contribution in [1.29, 1.82) is 0 Å². The number of hydrogen-bond acceptors (Lipinski definition) is 8. The molecule has 38 heavy (non-hydrogen) atoms. The van der Waals surface area contributed by atoms with E-state index in [-0.39, 0.29) is 0 Å². The molecule has 10 heteroatoms. The Labute approximate surface area is 220 Å². The summed E-state index contributed by atoms with van der Waals surface area (Å²) in [6, 6.07) is 10.3. The second-order valence-corrected chi connectivity index (χ2v) is 10.1. The summed E-state index contributed by atoms with van der Waals surface area (Å²) in [4.78, 5) is 11.6. The molecule has 2 fully saturated rings. The van der Waals surface area contributed by atoms with Crippen LogP contribution in [0.3, 0.4) is 0 Å². The first kappa shape index (κ1) is 23.0. The van der Waals surface area contributed by atoms with E-state index in [9.17, 15) is 0 Å². The van der Waals surface area contributed by atoms with Gasteiger partial charge in [0.25, 0.3) is 0 Å². The van der Waals surface area contributed by atoms with Crippen LogP contribution in [-0.2, 0) is 6.54 Å². The minimum Gasteiger partial charge on any atom is -0.492 e. The van der Waals surface area contributed by atoms with Gasteiger partial charge in [-0.25, -0.2) is 14.5 Å². The van der Waals surface area contributed by atoms with Gasteiger partial charge in [0.1, 0.15) is 11.6 Å². The van der Waals surface area contributed by atoms with Crippen molar-refractivity contribution in [2.75, 3.05) is 38.3 Å². The summed E-state index contributed by atoms with van der Waals surface area (Å²) in [6.07, 6.45) is 7.57. The normalized spacial score (nSPS) is 20.3. The van der Waals surface area contributed by atoms with Crippen LogP contribution in [0.15, 0.2) is 55.1 Å². The topological polar surface area (TPSA) is 105 Å². The highest BCUT2D eigenvalue weighted by molar-refractivity contribution is 6.00. The number of nitrogens with zero attached hydrogens (tertiary/aromatic N) is 6. The maximum atomic E-state index is 5.81. The molecule has 1 saturated heterocycles. The SMILES string of the molecule is CCOc1cc(-c2ccc(N3C[C@@H]4[C@@H](CNCc5ccc(OC)nc5)[C@@H]4C3)nc2)c2c3cn[nH]c3nn2c1. The molecule has 3 atom stereocenters. The molecule has 2 N–H and O–H groups in total. The van der Waals surface area contributed by atoms with Gasteiger partial charge in [0.05, 0.1) is 37.0 Å². The van der Waals surface area contributed by atoms with Crippen LogP contribution in [0.25, 0.3) is 27.7 Å². The van der Waals surface area contributed by atoms with Gasteiger partial charge < -0.3 is 19.7 Å². The van der Waals surface area contributed by atoms with Crippen molar-refractivity contribution in [2.45, 2.75) is 13.5 Å². The largest absolute Gasteiger partial charge is 0.492 e. The lowest BCUT2D eigenvalue weighted by atomic mass is 10.1. The number of anilines is 1. The highest BCUT2D eigenvalue weighted by atomic mass is 16.5. The second-order valence-electron chi connectivity index (χ2n) is 10.1. The van der Waals surface area contributed by atoms with Gasteiger partial charge in [-0.2, -0.15) is 5.10 Å². The summed E-state index contributed by atoms with van der Waals surface area (Å²) < 4.78 is 12.8. The van der Waals surface area contributed by atoms with Gasteiger partial charge in [-0.1, -0.05) is 6.07 Å². The van der Waals surface area contributed by atoms with Crippen LogP contribution < -0.4 is 19.7 Å². The van der Waals surface area contributed by atoms with Crippen LogP contribution in [0.4, 0.5) is 5.82 Å². The Kier molecular flexibility index (Phi) is 5.61. The van der Waals surface area contributed by atoms with Crippen molar-refractivity contribution in [1.82, 2.24) is 35.1 Å². The lowest BCUT2D eigenvalue weighted by Crippen LogP contribution is -2.28. The van der Waals surface area contributed by atoms with Crippen molar-refractivity contribution in [3.05, 3.63) is 60.7 Å². The summed E-state index contributed by atoms with van der Waals surface area (Å²) in [5.74, 6) is 4.68. The molecule has 194 valence electrons. The van der Waals surface area contributed by atoms with Crippen molar-refractivity contribution < 1.29 is 9.47 Å². The van der Waals surface area contributed by atoms with Crippen molar-refractivity contribution in [3.8, 4) is 22.8 Å². The lowest BCUT2D eigenvalue weighted by Gasteiger charge is -2.21. The fourth-order valence-electron chi connectivity index (χ4n) is 5.90. The summed E-state index contributed by atoms with van der Waals surface area (Å²) in [5.41, 5.74) is 4.99. The highest BCUT2D eigenvalue weighted by Crippen LogP contribution is 2.52. The zero-order valence-corrected chi connectivity index (χ0v) is 21.5. The smallest absolute Gasteiger partial charge is 0.212 e. The van der Waals surface area contributed by atoms with E-state index in [2.05, 4.69) is 54.8 Å². The number of fused-ring (bicyclic) bond motifs is 4. The minimum absolute atomic E-state index is 0.593. The lowest BCUT2D eigenvalue weighted by molar-refractivity contribution is 0.338. The molecular weight excluding hydrogens is 480 g/mol. The second kappa shape index (κ2) is 9.29. The first-order valence-electron chi connectivity index (χ1n) is 13.1. The number of aromatic amines is 1. The van der Waals surface area contributed by atoms with E-state index in [0.717, 1.165) is 83.2 Å². The molecule has 0 spiro atoms. The van der Waals surface area contributed by atoms with E-state index >= 15 is 0 Å². The van der Waals surface area contributed by atoms with Gasteiger partial charge in [0.15, 0.2) is 5.65 Å². The van der Waals surface area contributed by atoms with E-state index in [0.29, 0.717) is 12.5 Å². The van der Waals surface area contributed by atoms with Crippen LogP contribution >= 0.6 is 0 Å². The maximum absolute atomic E-state index is 5.81. The Bertz CT molecular complexity index is 1560.